The van der Waals surface area contributed by atoms with Crippen molar-refractivity contribution in [3.63, 3.8) is 0 Å². The van der Waals surface area contributed by atoms with Gasteiger partial charge in [0.15, 0.2) is 5.65 Å². The van der Waals surface area contributed by atoms with Crippen LogP contribution < -0.4 is 0 Å². The van der Waals surface area contributed by atoms with Crippen LogP contribution >= 0.6 is 11.6 Å². The molecule has 0 aliphatic heterocycles. The van der Waals surface area contributed by atoms with Crippen LogP contribution in [-0.4, -0.2) is 20.7 Å². The van der Waals surface area contributed by atoms with Crippen LogP contribution in [0.4, 0.5) is 13.2 Å². The Balaban J connectivity index is 2.28. The van der Waals surface area contributed by atoms with Gasteiger partial charge in [0.2, 0.25) is 0 Å². The monoisotopic (exact) mass is 275 g/mol. The van der Waals surface area contributed by atoms with E-state index in [0.717, 1.165) is 4.57 Å². The van der Waals surface area contributed by atoms with Crippen molar-refractivity contribution in [1.29, 1.82) is 0 Å². The summed E-state index contributed by atoms with van der Waals surface area (Å²) < 4.78 is 40.7. The summed E-state index contributed by atoms with van der Waals surface area (Å²) in [4.78, 5) is 8.13. The van der Waals surface area contributed by atoms with Gasteiger partial charge in [0.1, 0.15) is 16.9 Å². The van der Waals surface area contributed by atoms with Gasteiger partial charge in [0.05, 0.1) is 5.88 Å². The summed E-state index contributed by atoms with van der Waals surface area (Å²) >= 11 is 5.71. The lowest BCUT2D eigenvalue weighted by atomic mass is 10.2. The molecule has 0 amide bonds. The Morgan fingerprint density at radius 1 is 1.39 bits per heavy atom. The van der Waals surface area contributed by atoms with Crippen LogP contribution in [0.2, 0.25) is 0 Å². The molecule has 2 heterocycles. The minimum absolute atomic E-state index is 0.0580. The highest BCUT2D eigenvalue weighted by molar-refractivity contribution is 6.16. The summed E-state index contributed by atoms with van der Waals surface area (Å²) in [5.74, 6) is 0.161. The molecule has 3 nitrogen and oxygen atoms in total. The second-order valence-electron chi connectivity index (χ2n) is 4.37. The van der Waals surface area contributed by atoms with Crippen molar-refractivity contribution in [2.24, 2.45) is 0 Å². The quantitative estimate of drug-likeness (QED) is 0.788. The maximum atomic E-state index is 13.2. The Morgan fingerprint density at radius 3 is 2.67 bits per heavy atom. The zero-order valence-corrected chi connectivity index (χ0v) is 9.96. The minimum atomic E-state index is -4.31. The lowest BCUT2D eigenvalue weighted by molar-refractivity contribution is -0.179. The molecule has 7 heteroatoms. The average Bonchev–Trinajstić information content (AvgIpc) is 3.04. The van der Waals surface area contributed by atoms with E-state index in [9.17, 15) is 13.2 Å². The molecule has 1 aliphatic carbocycles. The Bertz CT molecular complexity index is 601. The molecule has 1 aliphatic rings. The Labute approximate surface area is 106 Å². The first-order valence-corrected chi connectivity index (χ1v) is 5.98. The van der Waals surface area contributed by atoms with Crippen LogP contribution in [0.3, 0.4) is 0 Å². The van der Waals surface area contributed by atoms with Gasteiger partial charge in [-0.2, -0.15) is 13.2 Å². The van der Waals surface area contributed by atoms with Gasteiger partial charge >= 0.3 is 6.18 Å². The van der Waals surface area contributed by atoms with Gasteiger partial charge in [-0.15, -0.1) is 11.6 Å². The van der Waals surface area contributed by atoms with Crippen molar-refractivity contribution in [2.75, 3.05) is 0 Å². The molecule has 2 aromatic rings. The highest BCUT2D eigenvalue weighted by Crippen LogP contribution is 2.56. The molecular weight excluding hydrogens is 267 g/mol. The van der Waals surface area contributed by atoms with Gasteiger partial charge in [0.25, 0.3) is 0 Å². The molecule has 0 atom stereocenters. The topological polar surface area (TPSA) is 30.7 Å². The zero-order valence-electron chi connectivity index (χ0n) is 9.21. The lowest BCUT2D eigenvalue weighted by Crippen LogP contribution is -2.36. The number of pyridine rings is 1. The predicted octanol–water partition coefficient (Wildman–Crippen LogP) is 3.22. The van der Waals surface area contributed by atoms with Crippen LogP contribution in [-0.2, 0) is 11.4 Å². The summed E-state index contributed by atoms with van der Waals surface area (Å²) in [6.45, 7) is 0. The molecule has 0 bridgehead atoms. The van der Waals surface area contributed by atoms with Crippen molar-refractivity contribution >= 4 is 22.8 Å². The summed E-state index contributed by atoms with van der Waals surface area (Å²) in [6, 6.07) is 3.28. The Hall–Kier alpha value is -1.30. The van der Waals surface area contributed by atoms with E-state index in [0.29, 0.717) is 5.52 Å². The molecule has 1 saturated carbocycles. The zero-order chi connectivity index (χ0) is 13.0. The van der Waals surface area contributed by atoms with E-state index >= 15 is 0 Å². The molecule has 3 rings (SSSR count). The Kier molecular flexibility index (Phi) is 2.35. The smallest absolute Gasteiger partial charge is 0.296 e. The number of fused-ring (bicyclic) bond motifs is 1. The molecule has 0 saturated heterocycles. The first kappa shape index (κ1) is 11.8. The molecule has 2 aromatic heterocycles. The van der Waals surface area contributed by atoms with Crippen LogP contribution in [0.25, 0.3) is 11.2 Å². The van der Waals surface area contributed by atoms with Crippen molar-refractivity contribution in [3.05, 3.63) is 24.2 Å². The second-order valence-corrected chi connectivity index (χ2v) is 4.64. The number of imidazole rings is 1. The van der Waals surface area contributed by atoms with Gasteiger partial charge in [-0.3, -0.25) is 4.57 Å². The maximum absolute atomic E-state index is 13.2. The summed E-state index contributed by atoms with van der Waals surface area (Å²) in [5.41, 5.74) is -1.16. The third-order valence-electron chi connectivity index (χ3n) is 3.28. The normalized spacial score (nSPS) is 18.2. The first-order valence-electron chi connectivity index (χ1n) is 5.45. The third kappa shape index (κ3) is 1.44. The molecule has 1 fully saturated rings. The third-order valence-corrected chi connectivity index (χ3v) is 3.52. The van der Waals surface area contributed by atoms with E-state index in [4.69, 9.17) is 11.6 Å². The fourth-order valence-electron chi connectivity index (χ4n) is 2.25. The average molecular weight is 276 g/mol. The molecule has 0 aromatic carbocycles. The summed E-state index contributed by atoms with van der Waals surface area (Å²) in [7, 11) is 0. The van der Waals surface area contributed by atoms with E-state index < -0.39 is 11.7 Å². The molecule has 0 unspecified atom stereocenters. The second kappa shape index (κ2) is 3.60. The number of alkyl halides is 4. The molecule has 0 N–H and O–H groups in total. The number of hydrogen-bond donors (Lipinski definition) is 0. The first-order chi connectivity index (χ1) is 8.49. The largest absolute Gasteiger partial charge is 0.412 e. The van der Waals surface area contributed by atoms with Crippen LogP contribution in [0.1, 0.15) is 18.7 Å². The molecule has 0 spiro atoms. The number of halogens is 4. The van der Waals surface area contributed by atoms with Crippen LogP contribution in [0.15, 0.2) is 18.3 Å². The van der Waals surface area contributed by atoms with Gasteiger partial charge in [0, 0.05) is 6.20 Å². The molecule has 18 heavy (non-hydrogen) atoms. The summed E-state index contributed by atoms with van der Waals surface area (Å²) in [6.07, 6.45) is -2.73. The van der Waals surface area contributed by atoms with Crippen molar-refractivity contribution < 1.29 is 13.2 Å². The standard InChI is InChI=1S/C11H9ClF3N3/c12-6-8-17-7-2-1-5-16-9(7)18(8)10(3-4-10)11(13,14)15/h1-2,5H,3-4,6H2. The van der Waals surface area contributed by atoms with E-state index in [1.807, 2.05) is 0 Å². The predicted molar refractivity (Wildman–Crippen MR) is 60.3 cm³/mol. The van der Waals surface area contributed by atoms with Crippen molar-refractivity contribution in [2.45, 2.75) is 30.4 Å². The Morgan fingerprint density at radius 2 is 2.11 bits per heavy atom. The number of nitrogens with zero attached hydrogens (tertiary/aromatic N) is 3. The molecule has 96 valence electrons. The summed E-state index contributed by atoms with van der Waals surface area (Å²) in [5, 5.41) is 0. The van der Waals surface area contributed by atoms with E-state index in [1.54, 1.807) is 12.1 Å². The molecule has 0 radical (unpaired) electrons. The fraction of sp³-hybridized carbons (Fsp3) is 0.455. The SMILES string of the molecule is FC(F)(F)C1(n2c(CCl)nc3cccnc32)CC1. The van der Waals surface area contributed by atoms with E-state index in [2.05, 4.69) is 9.97 Å². The van der Waals surface area contributed by atoms with E-state index in [1.165, 1.54) is 6.20 Å². The van der Waals surface area contributed by atoms with Gasteiger partial charge < -0.3 is 0 Å². The van der Waals surface area contributed by atoms with Crippen molar-refractivity contribution in [3.8, 4) is 0 Å². The fourth-order valence-corrected chi connectivity index (χ4v) is 2.43. The van der Waals surface area contributed by atoms with Crippen LogP contribution in [0.5, 0.6) is 0 Å². The van der Waals surface area contributed by atoms with Gasteiger partial charge in [-0.1, -0.05) is 0 Å². The number of aromatic nitrogens is 3. The molecular formula is C11H9ClF3N3. The van der Waals surface area contributed by atoms with Gasteiger partial charge in [-0.05, 0) is 25.0 Å². The number of hydrogen-bond acceptors (Lipinski definition) is 2. The highest BCUT2D eigenvalue weighted by Gasteiger charge is 2.66. The maximum Gasteiger partial charge on any atom is 0.412 e. The van der Waals surface area contributed by atoms with Gasteiger partial charge in [-0.25, -0.2) is 9.97 Å². The minimum Gasteiger partial charge on any atom is -0.296 e. The lowest BCUT2D eigenvalue weighted by Gasteiger charge is -2.22. The van der Waals surface area contributed by atoms with Crippen LogP contribution in [0, 0.1) is 0 Å². The number of rotatable bonds is 2. The van der Waals surface area contributed by atoms with Crippen molar-refractivity contribution in [1.82, 2.24) is 14.5 Å². The van der Waals surface area contributed by atoms with E-state index in [-0.39, 0.29) is 30.2 Å². The highest BCUT2D eigenvalue weighted by atomic mass is 35.5.